The van der Waals surface area contributed by atoms with Crippen LogP contribution in [0, 0.1) is 12.8 Å². The van der Waals surface area contributed by atoms with Crippen molar-refractivity contribution in [3.63, 3.8) is 0 Å². The van der Waals surface area contributed by atoms with Crippen molar-refractivity contribution in [2.45, 2.75) is 24.7 Å². The van der Waals surface area contributed by atoms with Crippen molar-refractivity contribution in [2.24, 2.45) is 5.92 Å². The van der Waals surface area contributed by atoms with Gasteiger partial charge in [0.2, 0.25) is 10.0 Å². The fourth-order valence-electron chi connectivity index (χ4n) is 2.25. The molecule has 1 atom stereocenters. The molecular formula is C13H16ClNO4S. The normalized spacial score (nSPS) is 20.8. The standard InChI is InChI=1S/C13H16ClNO4S/c1-9-4-5-11(7-12(9)14)20(18,19)15-6-2-3-10(8-15)13(16)17/h4-5,7,10H,2-3,6,8H2,1H3,(H,16,17). The monoisotopic (exact) mass is 317 g/mol. The fraction of sp³-hybridized carbons (Fsp3) is 0.462. The minimum absolute atomic E-state index is 0.0170. The first-order valence-corrected chi connectivity index (χ1v) is 8.13. The number of sulfonamides is 1. The van der Waals surface area contributed by atoms with Crippen LogP contribution in [0.25, 0.3) is 0 Å². The largest absolute Gasteiger partial charge is 0.481 e. The van der Waals surface area contributed by atoms with Crippen molar-refractivity contribution >= 4 is 27.6 Å². The summed E-state index contributed by atoms with van der Waals surface area (Å²) < 4.78 is 26.2. The predicted molar refractivity (Wildman–Crippen MR) is 75.3 cm³/mol. The molecule has 1 aromatic carbocycles. The molecule has 5 nitrogen and oxygen atoms in total. The van der Waals surface area contributed by atoms with Crippen LogP contribution in [-0.4, -0.2) is 36.9 Å². The summed E-state index contributed by atoms with van der Waals surface area (Å²) in [6.07, 6.45) is 1.06. The Hall–Kier alpha value is -1.11. The Kier molecular flexibility index (Phi) is 4.36. The lowest BCUT2D eigenvalue weighted by atomic mass is 10.0. The number of nitrogens with zero attached hydrogens (tertiary/aromatic N) is 1. The molecule has 1 N–H and O–H groups in total. The average molecular weight is 318 g/mol. The molecule has 1 unspecified atom stereocenters. The Bertz CT molecular complexity index is 629. The lowest BCUT2D eigenvalue weighted by Gasteiger charge is -2.29. The second-order valence-electron chi connectivity index (χ2n) is 4.95. The summed E-state index contributed by atoms with van der Waals surface area (Å²) in [5.74, 6) is -1.59. The van der Waals surface area contributed by atoms with E-state index in [0.29, 0.717) is 24.4 Å². The lowest BCUT2D eigenvalue weighted by Crippen LogP contribution is -2.42. The molecule has 1 aliphatic rings. The van der Waals surface area contributed by atoms with Gasteiger partial charge in [0.05, 0.1) is 10.8 Å². The highest BCUT2D eigenvalue weighted by Crippen LogP contribution is 2.26. The van der Waals surface area contributed by atoms with E-state index in [2.05, 4.69) is 0 Å². The molecular weight excluding hydrogens is 302 g/mol. The van der Waals surface area contributed by atoms with Crippen LogP contribution < -0.4 is 0 Å². The highest BCUT2D eigenvalue weighted by Gasteiger charge is 2.33. The van der Waals surface area contributed by atoms with E-state index in [9.17, 15) is 13.2 Å². The molecule has 1 aliphatic heterocycles. The third-order valence-electron chi connectivity index (χ3n) is 3.51. The highest BCUT2D eigenvalue weighted by molar-refractivity contribution is 7.89. The Morgan fingerprint density at radius 2 is 2.15 bits per heavy atom. The van der Waals surface area contributed by atoms with Crippen LogP contribution in [0.2, 0.25) is 5.02 Å². The molecule has 110 valence electrons. The third kappa shape index (κ3) is 2.97. The van der Waals surface area contributed by atoms with Crippen LogP contribution in [0.15, 0.2) is 23.1 Å². The number of carbonyl (C=O) groups is 1. The van der Waals surface area contributed by atoms with Crippen molar-refractivity contribution in [3.8, 4) is 0 Å². The van der Waals surface area contributed by atoms with Crippen LogP contribution in [0.4, 0.5) is 0 Å². The maximum Gasteiger partial charge on any atom is 0.307 e. The molecule has 2 rings (SSSR count). The number of piperidine rings is 1. The van der Waals surface area contributed by atoms with Crippen LogP contribution in [0.5, 0.6) is 0 Å². The summed E-state index contributed by atoms with van der Waals surface area (Å²) in [7, 11) is -3.68. The van der Waals surface area contributed by atoms with Gasteiger partial charge in [-0.1, -0.05) is 17.7 Å². The Labute approximate surface area is 123 Å². The summed E-state index contributed by atoms with van der Waals surface area (Å²) in [4.78, 5) is 11.1. The zero-order chi connectivity index (χ0) is 14.9. The van der Waals surface area contributed by atoms with E-state index in [1.807, 2.05) is 0 Å². The number of carboxylic acids is 1. The Balaban J connectivity index is 2.29. The van der Waals surface area contributed by atoms with Crippen molar-refractivity contribution in [1.29, 1.82) is 0 Å². The summed E-state index contributed by atoms with van der Waals surface area (Å²) in [6.45, 7) is 2.15. The number of aryl methyl sites for hydroxylation is 1. The van der Waals surface area contributed by atoms with E-state index < -0.39 is 21.9 Å². The van der Waals surface area contributed by atoms with E-state index in [4.69, 9.17) is 16.7 Å². The van der Waals surface area contributed by atoms with Gasteiger partial charge >= 0.3 is 5.97 Å². The topological polar surface area (TPSA) is 74.7 Å². The fourth-order valence-corrected chi connectivity index (χ4v) is 4.04. The number of rotatable bonds is 3. The zero-order valence-corrected chi connectivity index (χ0v) is 12.6. The summed E-state index contributed by atoms with van der Waals surface area (Å²) in [6, 6.07) is 4.56. The number of carboxylic acid groups (broad SMARTS) is 1. The third-order valence-corrected chi connectivity index (χ3v) is 5.78. The number of aliphatic carboxylic acids is 1. The van der Waals surface area contributed by atoms with Gasteiger partial charge in [-0.15, -0.1) is 0 Å². The zero-order valence-electron chi connectivity index (χ0n) is 11.0. The lowest BCUT2D eigenvalue weighted by molar-refractivity contribution is -0.142. The molecule has 1 heterocycles. The predicted octanol–water partition coefficient (Wildman–Crippen LogP) is 2.13. The van der Waals surface area contributed by atoms with Gasteiger partial charge in [-0.25, -0.2) is 8.42 Å². The van der Waals surface area contributed by atoms with Gasteiger partial charge in [0.25, 0.3) is 0 Å². The molecule has 0 amide bonds. The second kappa shape index (κ2) is 5.71. The molecule has 0 aromatic heterocycles. The maximum atomic E-state index is 12.5. The first kappa shape index (κ1) is 15.3. The Morgan fingerprint density at radius 3 is 2.75 bits per heavy atom. The molecule has 0 saturated carbocycles. The Morgan fingerprint density at radius 1 is 1.45 bits per heavy atom. The summed E-state index contributed by atoms with van der Waals surface area (Å²) in [5.41, 5.74) is 0.799. The quantitative estimate of drug-likeness (QED) is 0.926. The van der Waals surface area contributed by atoms with E-state index in [1.54, 1.807) is 13.0 Å². The molecule has 20 heavy (non-hydrogen) atoms. The van der Waals surface area contributed by atoms with Crippen LogP contribution in [0.3, 0.4) is 0 Å². The SMILES string of the molecule is Cc1ccc(S(=O)(=O)N2CCCC(C(=O)O)C2)cc1Cl. The highest BCUT2D eigenvalue weighted by atomic mass is 35.5. The minimum atomic E-state index is -3.68. The number of hydrogen-bond acceptors (Lipinski definition) is 3. The average Bonchev–Trinajstić information content (AvgIpc) is 2.42. The molecule has 0 aliphatic carbocycles. The van der Waals surface area contributed by atoms with Crippen LogP contribution in [0.1, 0.15) is 18.4 Å². The minimum Gasteiger partial charge on any atom is -0.481 e. The molecule has 1 saturated heterocycles. The molecule has 0 spiro atoms. The van der Waals surface area contributed by atoms with Gasteiger partial charge in [-0.05, 0) is 37.5 Å². The first-order valence-electron chi connectivity index (χ1n) is 6.31. The van der Waals surface area contributed by atoms with E-state index in [0.717, 1.165) is 5.56 Å². The smallest absolute Gasteiger partial charge is 0.307 e. The van der Waals surface area contributed by atoms with Gasteiger partial charge in [-0.3, -0.25) is 4.79 Å². The van der Waals surface area contributed by atoms with Crippen molar-refractivity contribution < 1.29 is 18.3 Å². The van der Waals surface area contributed by atoms with Gasteiger partial charge in [0, 0.05) is 18.1 Å². The molecule has 0 bridgehead atoms. The van der Waals surface area contributed by atoms with Crippen molar-refractivity contribution in [2.75, 3.05) is 13.1 Å². The van der Waals surface area contributed by atoms with E-state index in [-0.39, 0.29) is 11.4 Å². The van der Waals surface area contributed by atoms with Crippen LogP contribution in [-0.2, 0) is 14.8 Å². The molecule has 7 heteroatoms. The first-order chi connectivity index (χ1) is 9.32. The molecule has 1 fully saturated rings. The molecule has 0 radical (unpaired) electrons. The summed E-state index contributed by atoms with van der Waals surface area (Å²) in [5, 5.41) is 9.42. The van der Waals surface area contributed by atoms with Gasteiger partial charge < -0.3 is 5.11 Å². The molecule has 1 aromatic rings. The number of halogens is 1. The van der Waals surface area contributed by atoms with Crippen molar-refractivity contribution in [1.82, 2.24) is 4.31 Å². The number of hydrogen-bond donors (Lipinski definition) is 1. The second-order valence-corrected chi connectivity index (χ2v) is 7.30. The van der Waals surface area contributed by atoms with E-state index >= 15 is 0 Å². The van der Waals surface area contributed by atoms with Crippen LogP contribution >= 0.6 is 11.6 Å². The summed E-state index contributed by atoms with van der Waals surface area (Å²) >= 11 is 5.96. The van der Waals surface area contributed by atoms with Gasteiger partial charge in [0.1, 0.15) is 0 Å². The maximum absolute atomic E-state index is 12.5. The number of benzene rings is 1. The van der Waals surface area contributed by atoms with Crippen molar-refractivity contribution in [3.05, 3.63) is 28.8 Å². The van der Waals surface area contributed by atoms with E-state index in [1.165, 1.54) is 16.4 Å². The van der Waals surface area contributed by atoms with Gasteiger partial charge in [0.15, 0.2) is 0 Å². The van der Waals surface area contributed by atoms with Gasteiger partial charge in [-0.2, -0.15) is 4.31 Å².